The minimum Gasteiger partial charge on any atom is -0.391 e. The Kier molecular flexibility index (Phi) is 4.25. The molecule has 124 valence electrons. The van der Waals surface area contributed by atoms with E-state index in [0.717, 1.165) is 18.7 Å². The van der Waals surface area contributed by atoms with Crippen molar-refractivity contribution in [3.63, 3.8) is 0 Å². The van der Waals surface area contributed by atoms with Gasteiger partial charge in [0.15, 0.2) is 0 Å². The molecule has 1 heterocycles. The van der Waals surface area contributed by atoms with Crippen LogP contribution in [-0.2, 0) is 16.9 Å². The summed E-state index contributed by atoms with van der Waals surface area (Å²) in [7, 11) is 0. The van der Waals surface area contributed by atoms with E-state index >= 15 is 0 Å². The third kappa shape index (κ3) is 2.71. The average Bonchev–Trinajstić information content (AvgIpc) is 2.99. The molecular weight excluding hydrogens is 343 g/mol. The SMILES string of the molecule is Clc1ccc(C23CNCC2C3/C=N\OCc2ccccc2)cc1Cl. The Bertz CT molecular complexity index is 765. The number of nitrogens with zero attached hydrogens (tertiary/aromatic N) is 1. The summed E-state index contributed by atoms with van der Waals surface area (Å²) in [6.45, 7) is 2.42. The molecular formula is C19H18Cl2N2O. The van der Waals surface area contributed by atoms with Gasteiger partial charge in [-0.1, -0.05) is 64.8 Å². The second kappa shape index (κ2) is 6.40. The van der Waals surface area contributed by atoms with E-state index < -0.39 is 0 Å². The summed E-state index contributed by atoms with van der Waals surface area (Å²) in [5.41, 5.74) is 2.42. The van der Waals surface area contributed by atoms with Crippen LogP contribution in [0.3, 0.4) is 0 Å². The third-order valence-corrected chi connectivity index (χ3v) is 5.93. The van der Waals surface area contributed by atoms with E-state index in [1.54, 1.807) is 0 Å². The van der Waals surface area contributed by atoms with Gasteiger partial charge in [-0.3, -0.25) is 0 Å². The Labute approximate surface area is 151 Å². The lowest BCUT2D eigenvalue weighted by molar-refractivity contribution is 0.131. The fourth-order valence-electron chi connectivity index (χ4n) is 3.87. The lowest BCUT2D eigenvalue weighted by atomic mass is 9.93. The topological polar surface area (TPSA) is 33.6 Å². The fraction of sp³-hybridized carbons (Fsp3) is 0.316. The molecule has 0 spiro atoms. The number of benzene rings is 2. The molecule has 4 rings (SSSR count). The molecule has 0 aromatic heterocycles. The number of piperidine rings is 1. The van der Waals surface area contributed by atoms with E-state index in [1.165, 1.54) is 5.56 Å². The van der Waals surface area contributed by atoms with E-state index in [4.69, 9.17) is 28.0 Å². The molecule has 24 heavy (non-hydrogen) atoms. The van der Waals surface area contributed by atoms with Gasteiger partial charge in [0.05, 0.1) is 10.0 Å². The molecule has 1 N–H and O–H groups in total. The van der Waals surface area contributed by atoms with Gasteiger partial charge < -0.3 is 10.2 Å². The van der Waals surface area contributed by atoms with Crippen molar-refractivity contribution in [2.24, 2.45) is 17.0 Å². The zero-order valence-electron chi connectivity index (χ0n) is 13.1. The first-order valence-electron chi connectivity index (χ1n) is 8.07. The van der Waals surface area contributed by atoms with E-state index in [0.29, 0.717) is 28.5 Å². The first-order chi connectivity index (χ1) is 11.7. The van der Waals surface area contributed by atoms with Crippen LogP contribution in [0.25, 0.3) is 0 Å². The normalized spacial score (nSPS) is 28.1. The van der Waals surface area contributed by atoms with Crippen LogP contribution in [0, 0.1) is 11.8 Å². The number of hydrogen-bond donors (Lipinski definition) is 1. The van der Waals surface area contributed by atoms with Gasteiger partial charge in [-0.05, 0) is 35.7 Å². The highest BCUT2D eigenvalue weighted by Crippen LogP contribution is 2.61. The number of hydrogen-bond acceptors (Lipinski definition) is 3. The van der Waals surface area contributed by atoms with Crippen molar-refractivity contribution in [1.29, 1.82) is 0 Å². The van der Waals surface area contributed by atoms with Crippen molar-refractivity contribution in [1.82, 2.24) is 5.32 Å². The predicted molar refractivity (Wildman–Crippen MR) is 97.7 cm³/mol. The molecule has 0 bridgehead atoms. The Balaban J connectivity index is 1.45. The maximum absolute atomic E-state index is 6.20. The van der Waals surface area contributed by atoms with Gasteiger partial charge in [0, 0.05) is 24.1 Å². The van der Waals surface area contributed by atoms with Gasteiger partial charge >= 0.3 is 0 Å². The Morgan fingerprint density at radius 2 is 2.00 bits per heavy atom. The first-order valence-corrected chi connectivity index (χ1v) is 8.83. The molecule has 3 atom stereocenters. The van der Waals surface area contributed by atoms with Crippen LogP contribution in [0.2, 0.25) is 10.0 Å². The van der Waals surface area contributed by atoms with E-state index in [-0.39, 0.29) is 5.41 Å². The zero-order valence-corrected chi connectivity index (χ0v) is 14.6. The second-order valence-corrected chi connectivity index (χ2v) is 7.26. The quantitative estimate of drug-likeness (QED) is 0.637. The van der Waals surface area contributed by atoms with Crippen LogP contribution in [0.15, 0.2) is 53.7 Å². The minimum atomic E-state index is 0.0772. The standard InChI is InChI=1S/C19H18Cl2N2O/c20-17-7-6-14(8-18(17)21)19-12-22-9-15(19)16(19)10-23-24-11-13-4-2-1-3-5-13/h1-8,10,15-16,22H,9,11-12H2/b23-10-. The molecule has 2 aliphatic rings. The number of rotatable bonds is 5. The summed E-state index contributed by atoms with van der Waals surface area (Å²) in [4.78, 5) is 5.46. The molecule has 5 heteroatoms. The minimum absolute atomic E-state index is 0.0772. The smallest absolute Gasteiger partial charge is 0.142 e. The molecule has 3 unspecified atom stereocenters. The number of nitrogens with one attached hydrogen (secondary N) is 1. The Morgan fingerprint density at radius 3 is 2.79 bits per heavy atom. The predicted octanol–water partition coefficient (Wildman–Crippen LogP) is 4.28. The van der Waals surface area contributed by atoms with E-state index in [2.05, 4.69) is 16.5 Å². The van der Waals surface area contributed by atoms with Crippen molar-refractivity contribution in [3.8, 4) is 0 Å². The van der Waals surface area contributed by atoms with Crippen molar-refractivity contribution in [2.75, 3.05) is 13.1 Å². The maximum Gasteiger partial charge on any atom is 0.142 e. The van der Waals surface area contributed by atoms with Crippen molar-refractivity contribution in [2.45, 2.75) is 12.0 Å². The monoisotopic (exact) mass is 360 g/mol. The molecule has 2 aromatic rings. The molecule has 2 fully saturated rings. The van der Waals surface area contributed by atoms with Crippen LogP contribution < -0.4 is 5.32 Å². The van der Waals surface area contributed by atoms with Crippen LogP contribution in [-0.4, -0.2) is 19.3 Å². The number of oxime groups is 1. The van der Waals surface area contributed by atoms with Crippen LogP contribution in [0.5, 0.6) is 0 Å². The lowest BCUT2D eigenvalue weighted by Crippen LogP contribution is -2.24. The highest BCUT2D eigenvalue weighted by Gasteiger charge is 2.67. The van der Waals surface area contributed by atoms with E-state index in [9.17, 15) is 0 Å². The highest BCUT2D eigenvalue weighted by atomic mass is 35.5. The largest absolute Gasteiger partial charge is 0.391 e. The van der Waals surface area contributed by atoms with Crippen LogP contribution in [0.4, 0.5) is 0 Å². The molecule has 3 nitrogen and oxygen atoms in total. The van der Waals surface area contributed by atoms with Gasteiger partial charge in [-0.15, -0.1) is 0 Å². The summed E-state index contributed by atoms with van der Waals surface area (Å²) < 4.78 is 0. The second-order valence-electron chi connectivity index (χ2n) is 6.45. The first kappa shape index (κ1) is 15.9. The molecule has 1 aliphatic heterocycles. The van der Waals surface area contributed by atoms with Gasteiger partial charge in [0.2, 0.25) is 0 Å². The highest BCUT2D eigenvalue weighted by molar-refractivity contribution is 6.42. The molecule has 0 amide bonds. The van der Waals surface area contributed by atoms with E-state index in [1.807, 2.05) is 48.7 Å². The fourth-order valence-corrected chi connectivity index (χ4v) is 4.17. The maximum atomic E-state index is 6.20. The van der Waals surface area contributed by atoms with Gasteiger partial charge in [0.1, 0.15) is 6.61 Å². The average molecular weight is 361 g/mol. The molecule has 2 aromatic carbocycles. The number of fused-ring (bicyclic) bond motifs is 1. The molecule has 1 saturated carbocycles. The summed E-state index contributed by atoms with van der Waals surface area (Å²) >= 11 is 12.3. The van der Waals surface area contributed by atoms with Crippen molar-refractivity contribution < 1.29 is 4.84 Å². The molecule has 1 saturated heterocycles. The summed E-state index contributed by atoms with van der Waals surface area (Å²) in [6, 6.07) is 16.0. The lowest BCUT2D eigenvalue weighted by Gasteiger charge is -2.15. The Morgan fingerprint density at radius 1 is 1.17 bits per heavy atom. The Hall–Kier alpha value is -1.55. The summed E-state index contributed by atoms with van der Waals surface area (Å²) in [5.74, 6) is 0.922. The third-order valence-electron chi connectivity index (χ3n) is 5.19. The zero-order chi connectivity index (χ0) is 16.6. The summed E-state index contributed by atoms with van der Waals surface area (Å²) in [6.07, 6.45) is 1.96. The van der Waals surface area contributed by atoms with Crippen LogP contribution in [0.1, 0.15) is 11.1 Å². The van der Waals surface area contributed by atoms with Crippen molar-refractivity contribution >= 4 is 29.4 Å². The van der Waals surface area contributed by atoms with Crippen LogP contribution >= 0.6 is 23.2 Å². The van der Waals surface area contributed by atoms with Gasteiger partial charge in [-0.2, -0.15) is 0 Å². The molecule has 0 radical (unpaired) electrons. The van der Waals surface area contributed by atoms with Gasteiger partial charge in [-0.25, -0.2) is 0 Å². The van der Waals surface area contributed by atoms with Crippen molar-refractivity contribution in [3.05, 3.63) is 69.7 Å². The summed E-state index contributed by atoms with van der Waals surface area (Å²) in [5, 5.41) is 8.88. The number of halogens is 2. The molecule has 1 aliphatic carbocycles. The van der Waals surface area contributed by atoms with Gasteiger partial charge in [0.25, 0.3) is 0 Å².